The van der Waals surface area contributed by atoms with Gasteiger partial charge in [-0.3, -0.25) is 4.79 Å². The zero-order valence-electron chi connectivity index (χ0n) is 20.6. The molecule has 3 aromatic rings. The van der Waals surface area contributed by atoms with Gasteiger partial charge in [0.25, 0.3) is 0 Å². The first-order valence-corrected chi connectivity index (χ1v) is 13.2. The molecule has 1 aromatic heterocycles. The van der Waals surface area contributed by atoms with Crippen LogP contribution in [0.2, 0.25) is 0 Å². The van der Waals surface area contributed by atoms with E-state index in [0.717, 1.165) is 29.7 Å². The zero-order chi connectivity index (χ0) is 24.5. The molecule has 2 aromatic carbocycles. The lowest BCUT2D eigenvalue weighted by Crippen LogP contribution is -2.39. The number of hydrogen-bond acceptors (Lipinski definition) is 6. The molecule has 1 amide bonds. The highest BCUT2D eigenvalue weighted by molar-refractivity contribution is 7.99. The summed E-state index contributed by atoms with van der Waals surface area (Å²) in [5.74, 6) is 1.98. The van der Waals surface area contributed by atoms with E-state index in [-0.39, 0.29) is 12.5 Å². The van der Waals surface area contributed by atoms with Crippen molar-refractivity contribution in [2.24, 2.45) is 0 Å². The van der Waals surface area contributed by atoms with Crippen molar-refractivity contribution in [1.82, 2.24) is 19.7 Å². The summed E-state index contributed by atoms with van der Waals surface area (Å²) >= 11 is 1.43. The van der Waals surface area contributed by atoms with Gasteiger partial charge in [0.2, 0.25) is 5.91 Å². The lowest BCUT2D eigenvalue weighted by atomic mass is 9.94. The number of thioether (sulfide) groups is 1. The van der Waals surface area contributed by atoms with Crippen molar-refractivity contribution in [2.75, 3.05) is 26.5 Å². The first kappa shape index (κ1) is 25.3. The largest absolute Gasteiger partial charge is 0.485 e. The van der Waals surface area contributed by atoms with Gasteiger partial charge < -0.3 is 18.9 Å². The lowest BCUT2D eigenvalue weighted by Gasteiger charge is -2.31. The van der Waals surface area contributed by atoms with Gasteiger partial charge in [0, 0.05) is 32.3 Å². The maximum Gasteiger partial charge on any atom is 0.233 e. The van der Waals surface area contributed by atoms with Gasteiger partial charge in [-0.15, -0.1) is 10.2 Å². The molecule has 1 aliphatic rings. The number of hydrogen-bond donors (Lipinski definition) is 0. The molecule has 0 bridgehead atoms. The number of amides is 1. The van der Waals surface area contributed by atoms with Gasteiger partial charge in [0.15, 0.2) is 11.0 Å². The number of carbonyl (C=O) groups excluding carboxylic acids is 1. The zero-order valence-corrected chi connectivity index (χ0v) is 21.4. The molecule has 7 nitrogen and oxygen atoms in total. The first-order valence-electron chi connectivity index (χ1n) is 12.2. The molecule has 186 valence electrons. The summed E-state index contributed by atoms with van der Waals surface area (Å²) in [6.07, 6.45) is 5.89. The normalized spacial score (nSPS) is 14.1. The number of carbonyl (C=O) groups is 1. The third-order valence-corrected chi connectivity index (χ3v) is 7.43. The van der Waals surface area contributed by atoms with Crippen LogP contribution in [0.25, 0.3) is 11.1 Å². The lowest BCUT2D eigenvalue weighted by molar-refractivity contribution is -0.129. The van der Waals surface area contributed by atoms with E-state index < -0.39 is 0 Å². The standard InChI is InChI=1S/C27H34N4O3S/c1-30(22-13-7-4-8-14-22)26(32)20-35-27-29-28-25(31(27)17-18-33-2)19-34-24-16-10-9-15-23(24)21-11-5-3-6-12-21/h3,5-6,9-12,15-16,22H,4,7-8,13-14,17-20H2,1-2H3. The SMILES string of the molecule is COCCn1c(COc2ccccc2-c2ccccc2)nnc1SCC(=O)N(C)C1CCCCC1. The second-order valence-electron chi connectivity index (χ2n) is 8.78. The highest BCUT2D eigenvalue weighted by Crippen LogP contribution is 2.30. The van der Waals surface area contributed by atoms with E-state index >= 15 is 0 Å². The van der Waals surface area contributed by atoms with E-state index in [1.165, 1.54) is 31.0 Å². The average molecular weight is 495 g/mol. The number of rotatable bonds is 11. The van der Waals surface area contributed by atoms with Gasteiger partial charge in [0.1, 0.15) is 12.4 Å². The summed E-state index contributed by atoms with van der Waals surface area (Å²) < 4.78 is 13.5. The smallest absolute Gasteiger partial charge is 0.233 e. The molecule has 35 heavy (non-hydrogen) atoms. The molecular weight excluding hydrogens is 460 g/mol. The highest BCUT2D eigenvalue weighted by atomic mass is 32.2. The molecule has 0 unspecified atom stereocenters. The Hall–Kier alpha value is -2.84. The number of methoxy groups -OCH3 is 1. The predicted molar refractivity (Wildman–Crippen MR) is 138 cm³/mol. The van der Waals surface area contributed by atoms with Crippen molar-refractivity contribution in [1.29, 1.82) is 0 Å². The Morgan fingerprint density at radius 2 is 1.80 bits per heavy atom. The second-order valence-corrected chi connectivity index (χ2v) is 9.72. The van der Waals surface area contributed by atoms with Crippen molar-refractivity contribution < 1.29 is 14.3 Å². The fraction of sp³-hybridized carbons (Fsp3) is 0.444. The molecule has 8 heteroatoms. The monoisotopic (exact) mass is 494 g/mol. The number of aromatic nitrogens is 3. The molecule has 1 saturated carbocycles. The first-order chi connectivity index (χ1) is 17.2. The van der Waals surface area contributed by atoms with Gasteiger partial charge in [-0.1, -0.05) is 79.6 Å². The van der Waals surface area contributed by atoms with Crippen molar-refractivity contribution in [3.63, 3.8) is 0 Å². The molecule has 0 atom stereocenters. The maximum absolute atomic E-state index is 12.8. The van der Waals surface area contributed by atoms with Gasteiger partial charge in [-0.2, -0.15) is 0 Å². The van der Waals surface area contributed by atoms with Crippen LogP contribution in [0.3, 0.4) is 0 Å². The molecule has 0 spiro atoms. The summed E-state index contributed by atoms with van der Waals surface area (Å²) in [6.45, 7) is 1.39. The van der Waals surface area contributed by atoms with Gasteiger partial charge in [-0.05, 0) is 24.5 Å². The van der Waals surface area contributed by atoms with Gasteiger partial charge >= 0.3 is 0 Å². The van der Waals surface area contributed by atoms with Crippen molar-refractivity contribution >= 4 is 17.7 Å². The predicted octanol–water partition coefficient (Wildman–Crippen LogP) is 5.05. The molecule has 1 aliphatic carbocycles. The van der Waals surface area contributed by atoms with Crippen molar-refractivity contribution in [2.45, 2.75) is 56.5 Å². The van der Waals surface area contributed by atoms with Crippen molar-refractivity contribution in [3.8, 4) is 16.9 Å². The summed E-state index contributed by atoms with van der Waals surface area (Å²) in [5, 5.41) is 9.47. The maximum atomic E-state index is 12.8. The van der Waals surface area contributed by atoms with Crippen LogP contribution in [0.15, 0.2) is 59.8 Å². The van der Waals surface area contributed by atoms with Crippen molar-refractivity contribution in [3.05, 3.63) is 60.4 Å². The van der Waals surface area contributed by atoms with Crippen LogP contribution in [0.1, 0.15) is 37.9 Å². The number of nitrogens with zero attached hydrogens (tertiary/aromatic N) is 4. The van der Waals surface area contributed by atoms with E-state index in [4.69, 9.17) is 9.47 Å². The Morgan fingerprint density at radius 1 is 1.06 bits per heavy atom. The molecule has 0 N–H and O–H groups in total. The minimum atomic E-state index is 0.137. The van der Waals surface area contributed by atoms with Crippen LogP contribution in [0.4, 0.5) is 0 Å². The number of para-hydroxylation sites is 1. The third kappa shape index (κ3) is 6.64. The molecular formula is C27H34N4O3S. The molecule has 4 rings (SSSR count). The summed E-state index contributed by atoms with van der Waals surface area (Å²) in [5.41, 5.74) is 2.13. The fourth-order valence-corrected chi connectivity index (χ4v) is 5.34. The van der Waals surface area contributed by atoms with E-state index in [0.29, 0.717) is 35.9 Å². The van der Waals surface area contributed by atoms with Crippen LogP contribution < -0.4 is 4.74 Å². The van der Waals surface area contributed by atoms with E-state index in [1.54, 1.807) is 7.11 Å². The molecule has 0 radical (unpaired) electrons. The molecule has 1 fully saturated rings. The molecule has 0 saturated heterocycles. The highest BCUT2D eigenvalue weighted by Gasteiger charge is 2.23. The van der Waals surface area contributed by atoms with Crippen LogP contribution in [-0.4, -0.2) is 58.1 Å². The van der Waals surface area contributed by atoms with Crippen LogP contribution in [0, 0.1) is 0 Å². The van der Waals surface area contributed by atoms with Gasteiger partial charge in [-0.25, -0.2) is 0 Å². The molecule has 1 heterocycles. The van der Waals surface area contributed by atoms with E-state index in [2.05, 4.69) is 28.4 Å². The third-order valence-electron chi connectivity index (χ3n) is 6.48. The van der Waals surface area contributed by atoms with Crippen LogP contribution in [-0.2, 0) is 22.7 Å². The number of ether oxygens (including phenoxy) is 2. The minimum absolute atomic E-state index is 0.137. The fourth-order valence-electron chi connectivity index (χ4n) is 4.43. The quantitative estimate of drug-likeness (QED) is 0.347. The van der Waals surface area contributed by atoms with E-state index in [1.807, 2.05) is 52.9 Å². The van der Waals surface area contributed by atoms with Crippen LogP contribution in [0.5, 0.6) is 5.75 Å². The summed E-state index contributed by atoms with van der Waals surface area (Å²) in [7, 11) is 3.60. The Balaban J connectivity index is 1.43. The average Bonchev–Trinajstić information content (AvgIpc) is 3.31. The second kappa shape index (κ2) is 12.7. The minimum Gasteiger partial charge on any atom is -0.485 e. The number of benzene rings is 2. The Bertz CT molecular complexity index is 1080. The molecule has 0 aliphatic heterocycles. The Morgan fingerprint density at radius 3 is 2.57 bits per heavy atom. The van der Waals surface area contributed by atoms with Gasteiger partial charge in [0.05, 0.1) is 12.4 Å². The summed E-state index contributed by atoms with van der Waals surface area (Å²) in [4.78, 5) is 14.8. The Kier molecular flexibility index (Phi) is 9.20. The summed E-state index contributed by atoms with van der Waals surface area (Å²) in [6, 6.07) is 18.5. The Labute approximate surface area is 211 Å². The van der Waals surface area contributed by atoms with Crippen LogP contribution >= 0.6 is 11.8 Å². The van der Waals surface area contributed by atoms with E-state index in [9.17, 15) is 4.79 Å². The topological polar surface area (TPSA) is 69.5 Å².